The maximum atomic E-state index is 12.2. The summed E-state index contributed by atoms with van der Waals surface area (Å²) < 4.78 is 10.3. The van der Waals surface area contributed by atoms with Crippen molar-refractivity contribution in [3.05, 3.63) is 16.1 Å². The SMILES string of the molecule is CC[C@H](C)CC(=O)NC(CC(OC)c1nc(C(=O)OC)cs1)C(C)C. The molecular weight excluding hydrogens is 340 g/mol. The van der Waals surface area contributed by atoms with E-state index >= 15 is 0 Å². The zero-order valence-corrected chi connectivity index (χ0v) is 16.8. The van der Waals surface area contributed by atoms with Gasteiger partial charge in [-0.15, -0.1) is 11.3 Å². The largest absolute Gasteiger partial charge is 0.464 e. The Kier molecular flexibility index (Phi) is 9.06. The van der Waals surface area contributed by atoms with Crippen molar-refractivity contribution in [1.29, 1.82) is 0 Å². The number of carbonyl (C=O) groups excluding carboxylic acids is 2. The first-order chi connectivity index (χ1) is 11.8. The van der Waals surface area contributed by atoms with Crippen molar-refractivity contribution >= 4 is 23.2 Å². The van der Waals surface area contributed by atoms with Crippen LogP contribution >= 0.6 is 11.3 Å². The average Bonchev–Trinajstić information content (AvgIpc) is 3.07. The van der Waals surface area contributed by atoms with Crippen LogP contribution in [0.1, 0.15) is 68.6 Å². The van der Waals surface area contributed by atoms with Crippen molar-refractivity contribution in [1.82, 2.24) is 10.3 Å². The molecule has 0 bridgehead atoms. The Hall–Kier alpha value is -1.47. The molecule has 0 aromatic carbocycles. The smallest absolute Gasteiger partial charge is 0.357 e. The predicted molar refractivity (Wildman–Crippen MR) is 98.7 cm³/mol. The van der Waals surface area contributed by atoms with Crippen LogP contribution in [0.2, 0.25) is 0 Å². The summed E-state index contributed by atoms with van der Waals surface area (Å²) in [4.78, 5) is 28.1. The number of ether oxygens (including phenoxy) is 2. The van der Waals surface area contributed by atoms with Gasteiger partial charge in [-0.25, -0.2) is 9.78 Å². The monoisotopic (exact) mass is 370 g/mol. The fourth-order valence-electron chi connectivity index (χ4n) is 2.39. The van der Waals surface area contributed by atoms with Gasteiger partial charge in [0.1, 0.15) is 11.1 Å². The van der Waals surface area contributed by atoms with Gasteiger partial charge < -0.3 is 14.8 Å². The number of rotatable bonds is 10. The summed E-state index contributed by atoms with van der Waals surface area (Å²) in [7, 11) is 2.94. The van der Waals surface area contributed by atoms with Gasteiger partial charge >= 0.3 is 5.97 Å². The molecule has 0 fully saturated rings. The second-order valence-corrected chi connectivity index (χ2v) is 7.55. The molecule has 142 valence electrons. The molecule has 1 N–H and O–H groups in total. The van der Waals surface area contributed by atoms with E-state index in [1.54, 1.807) is 12.5 Å². The quantitative estimate of drug-likeness (QED) is 0.637. The highest BCUT2D eigenvalue weighted by atomic mass is 32.1. The molecule has 0 saturated heterocycles. The first kappa shape index (κ1) is 21.6. The van der Waals surface area contributed by atoms with Crippen molar-refractivity contribution in [3.8, 4) is 0 Å². The molecule has 25 heavy (non-hydrogen) atoms. The van der Waals surface area contributed by atoms with Gasteiger partial charge in [0, 0.05) is 31.4 Å². The van der Waals surface area contributed by atoms with Crippen molar-refractivity contribution in [3.63, 3.8) is 0 Å². The second kappa shape index (κ2) is 10.5. The standard InChI is InChI=1S/C18H30N2O4S/c1-7-12(4)8-16(21)19-13(11(2)3)9-15(23-5)17-20-14(10-25-17)18(22)24-6/h10-13,15H,7-9H2,1-6H3,(H,19,21)/t12-,13?,15?/m0/s1. The molecule has 1 rings (SSSR count). The van der Waals surface area contributed by atoms with Gasteiger partial charge in [0.2, 0.25) is 5.91 Å². The topological polar surface area (TPSA) is 77.5 Å². The molecule has 1 amide bonds. The third kappa shape index (κ3) is 6.74. The van der Waals surface area contributed by atoms with Gasteiger partial charge in [0.15, 0.2) is 5.69 Å². The lowest BCUT2D eigenvalue weighted by atomic mass is 9.96. The van der Waals surface area contributed by atoms with E-state index in [1.165, 1.54) is 18.4 Å². The van der Waals surface area contributed by atoms with Crippen LogP contribution in [-0.4, -0.2) is 37.1 Å². The van der Waals surface area contributed by atoms with Crippen molar-refractivity contribution in [2.45, 2.75) is 59.1 Å². The van der Waals surface area contributed by atoms with E-state index in [1.807, 2.05) is 0 Å². The van der Waals surface area contributed by atoms with Crippen LogP contribution in [-0.2, 0) is 14.3 Å². The molecular formula is C18H30N2O4S. The summed E-state index contributed by atoms with van der Waals surface area (Å²) in [5.41, 5.74) is 0.284. The summed E-state index contributed by atoms with van der Waals surface area (Å²) in [6.07, 6.45) is 1.84. The summed E-state index contributed by atoms with van der Waals surface area (Å²) in [6, 6.07) is -0.0213. The van der Waals surface area contributed by atoms with Crippen LogP contribution < -0.4 is 5.32 Å². The molecule has 1 aromatic heterocycles. The molecule has 0 aliphatic carbocycles. The highest BCUT2D eigenvalue weighted by molar-refractivity contribution is 7.09. The molecule has 0 aliphatic heterocycles. The zero-order valence-electron chi connectivity index (χ0n) is 16.0. The number of aromatic nitrogens is 1. The van der Waals surface area contributed by atoms with Crippen molar-refractivity contribution < 1.29 is 19.1 Å². The summed E-state index contributed by atoms with van der Waals surface area (Å²) >= 11 is 1.36. The lowest BCUT2D eigenvalue weighted by Crippen LogP contribution is -2.40. The molecule has 0 aliphatic rings. The third-order valence-electron chi connectivity index (χ3n) is 4.33. The highest BCUT2D eigenvalue weighted by Gasteiger charge is 2.25. The number of methoxy groups -OCH3 is 2. The number of nitrogens with zero attached hydrogens (tertiary/aromatic N) is 1. The first-order valence-corrected chi connectivity index (χ1v) is 9.56. The maximum absolute atomic E-state index is 12.2. The summed E-state index contributed by atoms with van der Waals surface area (Å²) in [5, 5.41) is 5.50. The Morgan fingerprint density at radius 3 is 2.48 bits per heavy atom. The Morgan fingerprint density at radius 1 is 1.28 bits per heavy atom. The van der Waals surface area contributed by atoms with E-state index in [0.29, 0.717) is 23.8 Å². The summed E-state index contributed by atoms with van der Waals surface area (Å²) in [5.74, 6) is 0.239. The van der Waals surface area contributed by atoms with E-state index in [9.17, 15) is 9.59 Å². The van der Waals surface area contributed by atoms with Crippen LogP contribution in [0.5, 0.6) is 0 Å². The molecule has 1 heterocycles. The van der Waals surface area contributed by atoms with Gasteiger partial charge in [-0.05, 0) is 11.8 Å². The Balaban J connectivity index is 2.78. The molecule has 6 nitrogen and oxygen atoms in total. The van der Waals surface area contributed by atoms with Crippen molar-refractivity contribution in [2.75, 3.05) is 14.2 Å². The Bertz CT molecular complexity index is 559. The number of hydrogen-bond donors (Lipinski definition) is 1. The molecule has 1 aromatic rings. The van der Waals surface area contributed by atoms with Crippen LogP contribution in [0.25, 0.3) is 0 Å². The molecule has 0 radical (unpaired) electrons. The Labute approximate surface area is 154 Å². The molecule has 0 spiro atoms. The summed E-state index contributed by atoms with van der Waals surface area (Å²) in [6.45, 7) is 8.30. The van der Waals surface area contributed by atoms with Crippen LogP contribution in [0.3, 0.4) is 0 Å². The van der Waals surface area contributed by atoms with E-state index in [4.69, 9.17) is 4.74 Å². The fraction of sp³-hybridized carbons (Fsp3) is 0.722. The Morgan fingerprint density at radius 2 is 1.96 bits per heavy atom. The number of carbonyl (C=O) groups is 2. The highest BCUT2D eigenvalue weighted by Crippen LogP contribution is 2.27. The lowest BCUT2D eigenvalue weighted by molar-refractivity contribution is -0.123. The number of esters is 1. The van der Waals surface area contributed by atoms with Crippen LogP contribution in [0, 0.1) is 11.8 Å². The normalized spacial score (nSPS) is 14.8. The number of hydrogen-bond acceptors (Lipinski definition) is 6. The second-order valence-electron chi connectivity index (χ2n) is 6.66. The van der Waals surface area contributed by atoms with Gasteiger partial charge in [-0.2, -0.15) is 0 Å². The van der Waals surface area contributed by atoms with Crippen LogP contribution in [0.15, 0.2) is 5.38 Å². The number of amides is 1. The van der Waals surface area contributed by atoms with Gasteiger partial charge in [0.05, 0.1) is 7.11 Å². The lowest BCUT2D eigenvalue weighted by Gasteiger charge is -2.26. The minimum absolute atomic E-state index is 0.0213. The molecule has 7 heteroatoms. The fourth-order valence-corrected chi connectivity index (χ4v) is 3.26. The van der Waals surface area contributed by atoms with Gasteiger partial charge in [-0.3, -0.25) is 4.79 Å². The van der Waals surface area contributed by atoms with Gasteiger partial charge in [-0.1, -0.05) is 34.1 Å². The van der Waals surface area contributed by atoms with E-state index in [0.717, 1.165) is 6.42 Å². The average molecular weight is 371 g/mol. The number of nitrogens with one attached hydrogen (secondary N) is 1. The van der Waals surface area contributed by atoms with Crippen LogP contribution in [0.4, 0.5) is 0 Å². The maximum Gasteiger partial charge on any atom is 0.357 e. The van der Waals surface area contributed by atoms with Gasteiger partial charge in [0.25, 0.3) is 0 Å². The van der Waals surface area contributed by atoms with E-state index < -0.39 is 5.97 Å². The predicted octanol–water partition coefficient (Wildman–Crippen LogP) is 3.58. The van der Waals surface area contributed by atoms with E-state index in [-0.39, 0.29) is 29.7 Å². The van der Waals surface area contributed by atoms with E-state index in [2.05, 4.69) is 42.7 Å². The number of thiazole rings is 1. The molecule has 2 unspecified atom stereocenters. The zero-order chi connectivity index (χ0) is 19.0. The molecule has 0 saturated carbocycles. The minimum atomic E-state index is -0.459. The first-order valence-electron chi connectivity index (χ1n) is 8.68. The third-order valence-corrected chi connectivity index (χ3v) is 5.26. The van der Waals surface area contributed by atoms with Crippen molar-refractivity contribution in [2.24, 2.45) is 11.8 Å². The molecule has 3 atom stereocenters. The minimum Gasteiger partial charge on any atom is -0.464 e.